The molecule has 3 N–H and O–H groups in total. The lowest BCUT2D eigenvalue weighted by molar-refractivity contribution is -0.122. The number of amides is 1. The predicted molar refractivity (Wildman–Crippen MR) is 71.8 cm³/mol. The zero-order chi connectivity index (χ0) is 13.4. The first kappa shape index (κ1) is 14.6. The minimum Gasteiger partial charge on any atom is -0.356 e. The van der Waals surface area contributed by atoms with Crippen molar-refractivity contribution in [2.45, 2.75) is 25.9 Å². The molecule has 0 spiro atoms. The molecule has 0 radical (unpaired) electrons. The van der Waals surface area contributed by atoms with Crippen LogP contribution in [0.4, 0.5) is 0 Å². The van der Waals surface area contributed by atoms with E-state index >= 15 is 0 Å². The van der Waals surface area contributed by atoms with Crippen molar-refractivity contribution in [2.24, 2.45) is 5.73 Å². The first-order valence-corrected chi connectivity index (χ1v) is 6.23. The molecular formula is C13H22N4O. The Morgan fingerprint density at radius 2 is 2.39 bits per heavy atom. The molecule has 5 nitrogen and oxygen atoms in total. The van der Waals surface area contributed by atoms with Gasteiger partial charge in [0.2, 0.25) is 5.91 Å². The van der Waals surface area contributed by atoms with Gasteiger partial charge in [0.25, 0.3) is 0 Å². The summed E-state index contributed by atoms with van der Waals surface area (Å²) >= 11 is 0. The Morgan fingerprint density at radius 1 is 1.61 bits per heavy atom. The minimum atomic E-state index is 0.0472. The van der Waals surface area contributed by atoms with E-state index in [1.807, 2.05) is 32.3 Å². The van der Waals surface area contributed by atoms with Crippen LogP contribution in [-0.2, 0) is 11.3 Å². The molecule has 1 heterocycles. The average molecular weight is 250 g/mol. The number of nitrogens with two attached hydrogens (primary N) is 1. The van der Waals surface area contributed by atoms with Gasteiger partial charge >= 0.3 is 0 Å². The molecule has 18 heavy (non-hydrogen) atoms. The summed E-state index contributed by atoms with van der Waals surface area (Å²) in [6.07, 6.45) is 4.01. The third-order valence-electron chi connectivity index (χ3n) is 2.85. The lowest BCUT2D eigenvalue weighted by Gasteiger charge is -2.26. The van der Waals surface area contributed by atoms with Gasteiger partial charge in [-0.2, -0.15) is 0 Å². The molecule has 1 aromatic heterocycles. The number of aromatic nitrogens is 1. The highest BCUT2D eigenvalue weighted by molar-refractivity contribution is 5.76. The fraction of sp³-hybridized carbons (Fsp3) is 0.538. The van der Waals surface area contributed by atoms with Crippen molar-refractivity contribution >= 4 is 5.91 Å². The van der Waals surface area contributed by atoms with E-state index in [4.69, 9.17) is 5.73 Å². The van der Waals surface area contributed by atoms with Gasteiger partial charge in [0.15, 0.2) is 0 Å². The number of rotatable bonds is 7. The summed E-state index contributed by atoms with van der Waals surface area (Å²) in [5, 5.41) is 2.80. The van der Waals surface area contributed by atoms with E-state index in [-0.39, 0.29) is 11.9 Å². The third kappa shape index (κ3) is 4.81. The van der Waals surface area contributed by atoms with Gasteiger partial charge in [-0.15, -0.1) is 0 Å². The van der Waals surface area contributed by atoms with Crippen LogP contribution < -0.4 is 11.1 Å². The van der Waals surface area contributed by atoms with Crippen molar-refractivity contribution in [3.8, 4) is 0 Å². The largest absolute Gasteiger partial charge is 0.356 e. The Labute approximate surface area is 108 Å². The molecule has 1 rings (SSSR count). The lowest BCUT2D eigenvalue weighted by atomic mass is 10.1. The summed E-state index contributed by atoms with van der Waals surface area (Å²) in [4.78, 5) is 17.7. The van der Waals surface area contributed by atoms with Crippen LogP contribution in [0.3, 0.4) is 0 Å². The van der Waals surface area contributed by atoms with E-state index < -0.39 is 0 Å². The maximum atomic E-state index is 11.6. The molecule has 1 amide bonds. The number of nitrogens with one attached hydrogen (secondary N) is 1. The fourth-order valence-electron chi connectivity index (χ4n) is 1.81. The van der Waals surface area contributed by atoms with E-state index in [9.17, 15) is 4.79 Å². The van der Waals surface area contributed by atoms with Gasteiger partial charge in [-0.3, -0.25) is 14.7 Å². The second kappa shape index (κ2) is 7.79. The maximum Gasteiger partial charge on any atom is 0.221 e. The number of likely N-dealkylation sites (N-methyl/N-ethyl adjacent to an activating group) is 1. The molecule has 1 aromatic rings. The third-order valence-corrected chi connectivity index (χ3v) is 2.85. The number of hydrogen-bond donors (Lipinski definition) is 2. The summed E-state index contributed by atoms with van der Waals surface area (Å²) in [5.41, 5.74) is 6.85. The van der Waals surface area contributed by atoms with Crippen LogP contribution in [0.25, 0.3) is 0 Å². The first-order valence-electron chi connectivity index (χ1n) is 6.23. The fourth-order valence-corrected chi connectivity index (χ4v) is 1.81. The second-order valence-electron chi connectivity index (χ2n) is 4.32. The Bertz CT molecular complexity index is 355. The van der Waals surface area contributed by atoms with Crippen molar-refractivity contribution in [1.29, 1.82) is 0 Å². The van der Waals surface area contributed by atoms with E-state index in [1.54, 1.807) is 6.20 Å². The predicted octanol–water partition coefficient (Wildman–Crippen LogP) is 0.367. The van der Waals surface area contributed by atoms with Crippen molar-refractivity contribution in [3.63, 3.8) is 0 Å². The standard InChI is InChI=1S/C13H22N4O/c1-3-16-13(18)7-12(8-14)17(2)10-11-5-4-6-15-9-11/h4-6,9,12H,3,7-8,10,14H2,1-2H3,(H,16,18). The van der Waals surface area contributed by atoms with E-state index in [0.717, 1.165) is 12.1 Å². The number of pyridine rings is 1. The summed E-state index contributed by atoms with van der Waals surface area (Å²) in [5.74, 6) is 0.0472. The molecular weight excluding hydrogens is 228 g/mol. The number of hydrogen-bond acceptors (Lipinski definition) is 4. The van der Waals surface area contributed by atoms with Crippen LogP contribution in [0.1, 0.15) is 18.9 Å². The molecule has 0 aliphatic carbocycles. The first-order chi connectivity index (χ1) is 8.67. The summed E-state index contributed by atoms with van der Waals surface area (Å²) < 4.78 is 0. The van der Waals surface area contributed by atoms with Gasteiger partial charge in [-0.05, 0) is 25.6 Å². The van der Waals surface area contributed by atoms with Crippen LogP contribution in [0.2, 0.25) is 0 Å². The van der Waals surface area contributed by atoms with Gasteiger partial charge < -0.3 is 11.1 Å². The average Bonchev–Trinajstić information content (AvgIpc) is 2.37. The highest BCUT2D eigenvalue weighted by Crippen LogP contribution is 2.07. The molecule has 0 saturated heterocycles. The van der Waals surface area contributed by atoms with Crippen LogP contribution in [0, 0.1) is 0 Å². The number of carbonyl (C=O) groups is 1. The summed E-state index contributed by atoms with van der Waals surface area (Å²) in [6, 6.07) is 3.98. The second-order valence-corrected chi connectivity index (χ2v) is 4.32. The summed E-state index contributed by atoms with van der Waals surface area (Å²) in [6.45, 7) is 3.78. The van der Waals surface area contributed by atoms with E-state index in [2.05, 4.69) is 15.2 Å². The molecule has 0 aliphatic rings. The minimum absolute atomic E-state index is 0.0472. The van der Waals surface area contributed by atoms with Crippen LogP contribution >= 0.6 is 0 Å². The van der Waals surface area contributed by atoms with E-state index in [1.165, 1.54) is 0 Å². The zero-order valence-electron chi connectivity index (χ0n) is 11.1. The van der Waals surface area contributed by atoms with Crippen LogP contribution in [0.5, 0.6) is 0 Å². The van der Waals surface area contributed by atoms with Crippen molar-refractivity contribution in [2.75, 3.05) is 20.1 Å². The summed E-state index contributed by atoms with van der Waals surface area (Å²) in [7, 11) is 1.98. The monoisotopic (exact) mass is 250 g/mol. The molecule has 1 unspecified atom stereocenters. The SMILES string of the molecule is CCNC(=O)CC(CN)N(C)Cc1cccnc1. The molecule has 0 fully saturated rings. The highest BCUT2D eigenvalue weighted by Gasteiger charge is 2.16. The Balaban J connectivity index is 2.51. The number of nitrogens with zero attached hydrogens (tertiary/aromatic N) is 2. The molecule has 1 atom stereocenters. The molecule has 0 saturated carbocycles. The zero-order valence-corrected chi connectivity index (χ0v) is 11.1. The van der Waals surface area contributed by atoms with Gasteiger partial charge in [-0.1, -0.05) is 6.07 Å². The Morgan fingerprint density at radius 3 is 2.94 bits per heavy atom. The molecule has 100 valence electrons. The van der Waals surface area contributed by atoms with Crippen molar-refractivity contribution in [1.82, 2.24) is 15.2 Å². The highest BCUT2D eigenvalue weighted by atomic mass is 16.1. The van der Waals surface area contributed by atoms with Gasteiger partial charge in [0, 0.05) is 44.5 Å². The smallest absolute Gasteiger partial charge is 0.221 e. The van der Waals surface area contributed by atoms with E-state index in [0.29, 0.717) is 19.5 Å². The van der Waals surface area contributed by atoms with Gasteiger partial charge in [0.05, 0.1) is 0 Å². The van der Waals surface area contributed by atoms with Gasteiger partial charge in [-0.25, -0.2) is 0 Å². The molecule has 0 bridgehead atoms. The Hall–Kier alpha value is -1.46. The van der Waals surface area contributed by atoms with Crippen LogP contribution in [-0.4, -0.2) is 42.0 Å². The topological polar surface area (TPSA) is 71.2 Å². The van der Waals surface area contributed by atoms with Gasteiger partial charge in [0.1, 0.15) is 0 Å². The Kier molecular flexibility index (Phi) is 6.32. The van der Waals surface area contributed by atoms with Crippen molar-refractivity contribution < 1.29 is 4.79 Å². The lowest BCUT2D eigenvalue weighted by Crippen LogP contribution is -2.41. The van der Waals surface area contributed by atoms with Crippen LogP contribution in [0.15, 0.2) is 24.5 Å². The number of carbonyl (C=O) groups excluding carboxylic acids is 1. The molecule has 0 aromatic carbocycles. The molecule has 5 heteroatoms. The maximum absolute atomic E-state index is 11.6. The van der Waals surface area contributed by atoms with Crippen molar-refractivity contribution in [3.05, 3.63) is 30.1 Å². The normalized spacial score (nSPS) is 12.4. The quantitative estimate of drug-likeness (QED) is 0.733. The molecule has 0 aliphatic heterocycles.